The van der Waals surface area contributed by atoms with Gasteiger partial charge in [0.05, 0.1) is 38.4 Å². The third kappa shape index (κ3) is 15.0. The lowest BCUT2D eigenvalue weighted by molar-refractivity contribution is -0.890. The normalized spacial score (nSPS) is 14.4. The minimum Gasteiger partial charge on any atom is -0.355 e. The van der Waals surface area contributed by atoms with Gasteiger partial charge in [-0.2, -0.15) is 0 Å². The highest BCUT2D eigenvalue weighted by Gasteiger charge is 2.50. The fraction of sp³-hybridized carbons (Fsp3) is 0.541. The van der Waals surface area contributed by atoms with Crippen LogP contribution in [0.4, 0.5) is 0 Å². The van der Waals surface area contributed by atoms with Gasteiger partial charge in [0.1, 0.15) is 14.6 Å². The molecule has 0 aliphatic rings. The van der Waals surface area contributed by atoms with Gasteiger partial charge in [0.2, 0.25) is 27.6 Å². The number of amides is 2. The number of carbonyl (C=O) groups excluding carboxylic acids is 4. The van der Waals surface area contributed by atoms with Crippen LogP contribution in [-0.2, 0) is 19.4 Å². The first-order valence-electron chi connectivity index (χ1n) is 16.7. The SMILES string of the molecule is [C-]#[N+]C(C)(C)CC(C)(CC(C)(SC(=O)c1ccccc1)C(=O)NCCC[N+](C)(C)CCCS(C)(=O)=O)C(=O)NCCSC(=O)c1ccccc1. The van der Waals surface area contributed by atoms with E-state index in [1.165, 1.54) is 6.26 Å². The Morgan fingerprint density at radius 1 is 0.780 bits per heavy atom. The number of sulfone groups is 1. The molecule has 0 aromatic heterocycles. The summed E-state index contributed by atoms with van der Waals surface area (Å²) < 4.78 is 22.3. The second-order valence-corrected chi connectivity index (χ2v) is 19.4. The molecule has 0 heterocycles. The zero-order valence-corrected chi connectivity index (χ0v) is 32.9. The Hall–Kier alpha value is -3.18. The summed E-state index contributed by atoms with van der Waals surface area (Å²) >= 11 is 1.97. The number of rotatable bonds is 20. The summed E-state index contributed by atoms with van der Waals surface area (Å²) in [5.41, 5.74) is -1.16. The summed E-state index contributed by atoms with van der Waals surface area (Å²) in [7, 11) is 0.990. The number of hydrogen-bond donors (Lipinski definition) is 2. The average molecular weight is 746 g/mol. The standard InChI is InChI=1S/C37H52N4O6S3/c1-35(2,38-5)27-36(3,33(44)40-22-25-48-31(42)29-17-11-9-12-18-29)28-37(4,49-32(43)30-19-13-10-14-20-30)34(45)39-21-15-23-41(6,7)24-16-26-50(8,46)47/h9-14,17-20H,15-16,21-28H2,1-4,6-8H3,(H-,39,40,44,45)/p+1. The first-order valence-corrected chi connectivity index (χ1v) is 20.5. The van der Waals surface area contributed by atoms with Crippen LogP contribution in [0.3, 0.4) is 0 Å². The molecule has 2 aromatic rings. The molecule has 0 spiro atoms. The minimum atomic E-state index is -3.04. The maximum absolute atomic E-state index is 14.1. The van der Waals surface area contributed by atoms with E-state index < -0.39 is 31.4 Å². The molecule has 274 valence electrons. The van der Waals surface area contributed by atoms with Crippen LogP contribution in [0.5, 0.6) is 0 Å². The molecule has 2 amide bonds. The first-order chi connectivity index (χ1) is 23.2. The van der Waals surface area contributed by atoms with Gasteiger partial charge in [-0.05, 0) is 13.3 Å². The van der Waals surface area contributed by atoms with E-state index in [1.807, 2.05) is 20.2 Å². The molecule has 0 radical (unpaired) electrons. The molecule has 0 saturated carbocycles. The van der Waals surface area contributed by atoms with Crippen LogP contribution in [0.25, 0.3) is 4.85 Å². The number of hydrogen-bond acceptors (Lipinski definition) is 8. The van der Waals surface area contributed by atoms with Gasteiger partial charge < -0.3 is 20.0 Å². The molecule has 2 rings (SSSR count). The van der Waals surface area contributed by atoms with Crippen molar-refractivity contribution >= 4 is 55.4 Å². The third-order valence-electron chi connectivity index (χ3n) is 8.34. The number of benzene rings is 2. The predicted molar refractivity (Wildman–Crippen MR) is 205 cm³/mol. The van der Waals surface area contributed by atoms with E-state index in [2.05, 4.69) is 15.5 Å². The summed E-state index contributed by atoms with van der Waals surface area (Å²) in [6.07, 6.45) is 2.49. The number of nitrogens with zero attached hydrogens (tertiary/aromatic N) is 2. The zero-order chi connectivity index (χ0) is 37.6. The molecule has 2 N–H and O–H groups in total. The molecule has 13 heteroatoms. The number of nitrogens with one attached hydrogen (secondary N) is 2. The second kappa shape index (κ2) is 18.9. The lowest BCUT2D eigenvalue weighted by Gasteiger charge is -2.38. The Morgan fingerprint density at radius 2 is 1.30 bits per heavy atom. The van der Waals surface area contributed by atoms with Crippen molar-refractivity contribution in [3.8, 4) is 0 Å². The Morgan fingerprint density at radius 3 is 1.84 bits per heavy atom. The monoisotopic (exact) mass is 745 g/mol. The molecular weight excluding hydrogens is 693 g/mol. The van der Waals surface area contributed by atoms with E-state index in [0.717, 1.165) is 23.5 Å². The molecule has 2 aromatic carbocycles. The Kier molecular flexibility index (Phi) is 16.2. The lowest BCUT2D eigenvalue weighted by Crippen LogP contribution is -2.52. The highest BCUT2D eigenvalue weighted by atomic mass is 32.2. The van der Waals surface area contributed by atoms with Gasteiger partial charge in [-0.15, -0.1) is 0 Å². The summed E-state index contributed by atoms with van der Waals surface area (Å²) in [6.45, 7) is 16.6. The van der Waals surface area contributed by atoms with Crippen LogP contribution in [0.1, 0.15) is 74.1 Å². The molecule has 2 unspecified atom stereocenters. The van der Waals surface area contributed by atoms with Crippen LogP contribution < -0.4 is 10.6 Å². The number of quaternary nitrogens is 1. The van der Waals surface area contributed by atoms with Crippen LogP contribution in [0.15, 0.2) is 60.7 Å². The van der Waals surface area contributed by atoms with Crippen molar-refractivity contribution in [3.05, 3.63) is 83.2 Å². The molecule has 0 aliphatic heterocycles. The fourth-order valence-electron chi connectivity index (χ4n) is 5.90. The van der Waals surface area contributed by atoms with Crippen molar-refractivity contribution in [2.75, 3.05) is 58.0 Å². The molecule has 10 nitrogen and oxygen atoms in total. The van der Waals surface area contributed by atoms with Gasteiger partial charge in [0, 0.05) is 69.3 Å². The third-order valence-corrected chi connectivity index (χ3v) is 11.5. The van der Waals surface area contributed by atoms with E-state index in [-0.39, 0.29) is 41.3 Å². The molecule has 0 fully saturated rings. The first kappa shape index (κ1) is 43.0. The van der Waals surface area contributed by atoms with Crippen molar-refractivity contribution in [2.24, 2.45) is 5.41 Å². The van der Waals surface area contributed by atoms with E-state index in [4.69, 9.17) is 6.57 Å². The molecule has 0 bridgehead atoms. The summed E-state index contributed by atoms with van der Waals surface area (Å²) in [5.74, 6) is -0.290. The van der Waals surface area contributed by atoms with Crippen molar-refractivity contribution in [1.29, 1.82) is 0 Å². The molecule has 0 aliphatic carbocycles. The van der Waals surface area contributed by atoms with Crippen molar-refractivity contribution in [3.63, 3.8) is 0 Å². The van der Waals surface area contributed by atoms with Gasteiger partial charge in [-0.25, -0.2) is 15.0 Å². The van der Waals surface area contributed by atoms with Crippen LogP contribution in [0, 0.1) is 12.0 Å². The molecule has 2 atom stereocenters. The number of carbonyl (C=O) groups is 4. The van der Waals surface area contributed by atoms with Gasteiger partial charge in [-0.1, -0.05) is 91.1 Å². The van der Waals surface area contributed by atoms with Gasteiger partial charge >= 0.3 is 0 Å². The highest BCUT2D eigenvalue weighted by Crippen LogP contribution is 2.44. The fourth-order valence-corrected chi connectivity index (χ4v) is 8.47. The summed E-state index contributed by atoms with van der Waals surface area (Å²) in [6, 6.07) is 17.5. The van der Waals surface area contributed by atoms with E-state index in [9.17, 15) is 27.6 Å². The Balaban J connectivity index is 2.24. The van der Waals surface area contributed by atoms with Crippen molar-refractivity contribution < 1.29 is 32.1 Å². The molecule has 0 saturated heterocycles. The van der Waals surface area contributed by atoms with Gasteiger partial charge in [-0.3, -0.25) is 19.2 Å². The molecular formula is C37H53N4O6S3+. The van der Waals surface area contributed by atoms with Crippen molar-refractivity contribution in [1.82, 2.24) is 10.6 Å². The summed E-state index contributed by atoms with van der Waals surface area (Å²) in [5, 5.41) is 5.52. The maximum Gasteiger partial charge on any atom is 0.236 e. The second-order valence-electron chi connectivity index (χ2n) is 14.6. The van der Waals surface area contributed by atoms with Crippen LogP contribution >= 0.6 is 23.5 Å². The van der Waals surface area contributed by atoms with Crippen LogP contribution in [0.2, 0.25) is 0 Å². The van der Waals surface area contributed by atoms with Crippen molar-refractivity contribution in [2.45, 2.75) is 63.7 Å². The molecule has 50 heavy (non-hydrogen) atoms. The Labute approximate surface area is 307 Å². The van der Waals surface area contributed by atoms with Gasteiger partial charge in [0.25, 0.3) is 0 Å². The Bertz CT molecular complexity index is 1610. The lowest BCUT2D eigenvalue weighted by atomic mass is 9.72. The van der Waals surface area contributed by atoms with E-state index in [0.29, 0.717) is 53.8 Å². The van der Waals surface area contributed by atoms with Crippen LogP contribution in [-0.4, -0.2) is 103 Å². The largest absolute Gasteiger partial charge is 0.355 e. The minimum absolute atomic E-state index is 0.0248. The quantitative estimate of drug-likeness (QED) is 0.103. The topological polar surface area (TPSA) is 131 Å². The highest BCUT2D eigenvalue weighted by molar-refractivity contribution is 8.15. The summed E-state index contributed by atoms with van der Waals surface area (Å²) in [4.78, 5) is 57.9. The van der Waals surface area contributed by atoms with E-state index in [1.54, 1.807) is 82.3 Å². The van der Waals surface area contributed by atoms with Gasteiger partial charge in [0.15, 0.2) is 0 Å². The maximum atomic E-state index is 14.1. The average Bonchev–Trinajstić information content (AvgIpc) is 3.04. The zero-order valence-electron chi connectivity index (χ0n) is 30.4. The van der Waals surface area contributed by atoms with E-state index >= 15 is 0 Å². The predicted octanol–water partition coefficient (Wildman–Crippen LogP) is 5.51. The number of thioether (sulfide) groups is 2. The smallest absolute Gasteiger partial charge is 0.236 e.